The summed E-state index contributed by atoms with van der Waals surface area (Å²) in [5.41, 5.74) is 0.900. The molecule has 1 aromatic carbocycles. The minimum Gasteiger partial charge on any atom is -0.497 e. The Bertz CT molecular complexity index is 385. The Morgan fingerprint density at radius 1 is 1.20 bits per heavy atom. The lowest BCUT2D eigenvalue weighted by Gasteiger charge is -2.26. The summed E-state index contributed by atoms with van der Waals surface area (Å²) in [6.45, 7) is 1.48. The van der Waals surface area contributed by atoms with Gasteiger partial charge in [-0.1, -0.05) is 12.1 Å². The first-order valence-electron chi connectivity index (χ1n) is 7.40. The highest BCUT2D eigenvalue weighted by Gasteiger charge is 2.19. The van der Waals surface area contributed by atoms with Gasteiger partial charge in [0.2, 0.25) is 0 Å². The Morgan fingerprint density at radius 2 is 1.85 bits per heavy atom. The third-order valence-electron chi connectivity index (χ3n) is 4.09. The van der Waals surface area contributed by atoms with Gasteiger partial charge >= 0.3 is 0 Å². The van der Waals surface area contributed by atoms with Gasteiger partial charge < -0.3 is 20.3 Å². The molecule has 112 valence electrons. The Hall–Kier alpha value is -1.10. The van der Waals surface area contributed by atoms with Gasteiger partial charge in [-0.3, -0.25) is 0 Å². The molecule has 20 heavy (non-hydrogen) atoms. The summed E-state index contributed by atoms with van der Waals surface area (Å²) in [6.07, 6.45) is 3.38. The average Bonchev–Trinajstić information content (AvgIpc) is 2.49. The molecule has 4 nitrogen and oxygen atoms in total. The quantitative estimate of drug-likeness (QED) is 0.744. The predicted octanol–water partition coefficient (Wildman–Crippen LogP) is 1.87. The molecule has 1 saturated carbocycles. The number of nitrogens with one attached hydrogen (secondary N) is 1. The third-order valence-corrected chi connectivity index (χ3v) is 4.09. The molecule has 2 rings (SSSR count). The number of aliphatic hydroxyl groups is 2. The van der Waals surface area contributed by atoms with Crippen LogP contribution in [0.3, 0.4) is 0 Å². The smallest absolute Gasteiger partial charge is 0.118 e. The number of rotatable bonds is 6. The molecule has 1 aromatic rings. The van der Waals surface area contributed by atoms with Gasteiger partial charge in [0.25, 0.3) is 0 Å². The number of methoxy groups -OCH3 is 1. The van der Waals surface area contributed by atoms with Crippen LogP contribution in [0.4, 0.5) is 0 Å². The lowest BCUT2D eigenvalue weighted by molar-refractivity contribution is 0.106. The van der Waals surface area contributed by atoms with Gasteiger partial charge in [0.15, 0.2) is 0 Å². The van der Waals surface area contributed by atoms with E-state index in [1.807, 2.05) is 24.3 Å². The Balaban J connectivity index is 1.70. The van der Waals surface area contributed by atoms with Crippen molar-refractivity contribution in [1.29, 1.82) is 0 Å². The number of hydrogen-bond acceptors (Lipinski definition) is 4. The van der Waals surface area contributed by atoms with E-state index in [1.54, 1.807) is 7.11 Å². The molecule has 0 heterocycles. The molecule has 4 heteroatoms. The highest BCUT2D eigenvalue weighted by molar-refractivity contribution is 5.28. The van der Waals surface area contributed by atoms with E-state index in [4.69, 9.17) is 4.74 Å². The topological polar surface area (TPSA) is 61.7 Å². The van der Waals surface area contributed by atoms with E-state index in [9.17, 15) is 10.2 Å². The third kappa shape index (κ3) is 4.47. The summed E-state index contributed by atoms with van der Waals surface area (Å²) >= 11 is 0. The van der Waals surface area contributed by atoms with Crippen LogP contribution in [0.5, 0.6) is 5.75 Å². The van der Waals surface area contributed by atoms with Gasteiger partial charge in [-0.15, -0.1) is 0 Å². The second-order valence-electron chi connectivity index (χ2n) is 5.62. The molecule has 0 aromatic heterocycles. The molecule has 1 aliphatic carbocycles. The number of aliphatic hydroxyl groups excluding tert-OH is 2. The van der Waals surface area contributed by atoms with E-state index >= 15 is 0 Å². The van der Waals surface area contributed by atoms with Crippen LogP contribution < -0.4 is 10.1 Å². The van der Waals surface area contributed by atoms with E-state index in [-0.39, 0.29) is 6.10 Å². The maximum absolute atomic E-state index is 10.1. The SMILES string of the molecule is COc1ccc(C(O)CNCC2CCC(O)CC2)cc1. The van der Waals surface area contributed by atoms with Crippen molar-refractivity contribution in [2.75, 3.05) is 20.2 Å². The molecule has 1 atom stereocenters. The zero-order valence-corrected chi connectivity index (χ0v) is 12.1. The van der Waals surface area contributed by atoms with Crippen LogP contribution in [0.15, 0.2) is 24.3 Å². The fourth-order valence-corrected chi connectivity index (χ4v) is 2.72. The van der Waals surface area contributed by atoms with E-state index < -0.39 is 6.10 Å². The van der Waals surface area contributed by atoms with Gasteiger partial charge in [0.05, 0.1) is 19.3 Å². The molecular weight excluding hydrogens is 254 g/mol. The summed E-state index contributed by atoms with van der Waals surface area (Å²) in [6, 6.07) is 7.51. The van der Waals surface area contributed by atoms with E-state index in [2.05, 4.69) is 5.32 Å². The van der Waals surface area contributed by atoms with Crippen molar-refractivity contribution in [3.8, 4) is 5.75 Å². The Morgan fingerprint density at radius 3 is 2.45 bits per heavy atom. The number of ether oxygens (including phenoxy) is 1. The minimum absolute atomic E-state index is 0.101. The van der Waals surface area contributed by atoms with E-state index in [0.29, 0.717) is 12.5 Å². The number of hydrogen-bond donors (Lipinski definition) is 3. The predicted molar refractivity (Wildman–Crippen MR) is 78.8 cm³/mol. The lowest BCUT2D eigenvalue weighted by Crippen LogP contribution is -2.30. The minimum atomic E-state index is -0.491. The fraction of sp³-hybridized carbons (Fsp3) is 0.625. The highest BCUT2D eigenvalue weighted by atomic mass is 16.5. The van der Waals surface area contributed by atoms with Crippen molar-refractivity contribution in [2.45, 2.75) is 37.9 Å². The second kappa shape index (κ2) is 7.62. The molecule has 0 spiro atoms. The molecule has 0 saturated heterocycles. The van der Waals surface area contributed by atoms with Gasteiger partial charge in [0, 0.05) is 6.54 Å². The second-order valence-corrected chi connectivity index (χ2v) is 5.62. The summed E-state index contributed by atoms with van der Waals surface area (Å²) in [5, 5.41) is 22.9. The van der Waals surface area contributed by atoms with Gasteiger partial charge in [-0.05, 0) is 55.8 Å². The van der Waals surface area contributed by atoms with Crippen molar-refractivity contribution in [2.24, 2.45) is 5.92 Å². The number of benzene rings is 1. The van der Waals surface area contributed by atoms with Gasteiger partial charge in [-0.2, -0.15) is 0 Å². The Labute approximate surface area is 120 Å². The molecule has 1 unspecified atom stereocenters. The summed E-state index contributed by atoms with van der Waals surface area (Å²) in [4.78, 5) is 0. The zero-order chi connectivity index (χ0) is 14.4. The summed E-state index contributed by atoms with van der Waals surface area (Å²) in [7, 11) is 1.63. The fourth-order valence-electron chi connectivity index (χ4n) is 2.72. The van der Waals surface area contributed by atoms with Crippen LogP contribution >= 0.6 is 0 Å². The molecule has 0 bridgehead atoms. The van der Waals surface area contributed by atoms with Crippen molar-refractivity contribution >= 4 is 0 Å². The first-order valence-corrected chi connectivity index (χ1v) is 7.40. The Kier molecular flexibility index (Phi) is 5.83. The average molecular weight is 279 g/mol. The van der Waals surface area contributed by atoms with Crippen LogP contribution in [-0.4, -0.2) is 36.5 Å². The molecule has 0 radical (unpaired) electrons. The van der Waals surface area contributed by atoms with Crippen LogP contribution in [0.2, 0.25) is 0 Å². The summed E-state index contributed by atoms with van der Waals surface area (Å²) < 4.78 is 5.10. The van der Waals surface area contributed by atoms with Crippen LogP contribution in [0, 0.1) is 5.92 Å². The van der Waals surface area contributed by atoms with E-state index in [0.717, 1.165) is 43.5 Å². The van der Waals surface area contributed by atoms with Gasteiger partial charge in [0.1, 0.15) is 5.75 Å². The highest BCUT2D eigenvalue weighted by Crippen LogP contribution is 2.23. The zero-order valence-electron chi connectivity index (χ0n) is 12.1. The van der Waals surface area contributed by atoms with E-state index in [1.165, 1.54) is 0 Å². The summed E-state index contributed by atoms with van der Waals surface area (Å²) in [5.74, 6) is 1.43. The maximum atomic E-state index is 10.1. The standard InChI is InChI=1S/C16H25NO3/c1-20-15-8-4-13(5-9-15)16(19)11-17-10-12-2-6-14(18)7-3-12/h4-5,8-9,12,14,16-19H,2-3,6-7,10-11H2,1H3. The molecule has 1 fully saturated rings. The normalized spacial score (nSPS) is 24.4. The van der Waals surface area contributed by atoms with Crippen molar-refractivity contribution in [3.05, 3.63) is 29.8 Å². The molecular formula is C16H25NO3. The van der Waals surface area contributed by atoms with Crippen molar-refractivity contribution in [1.82, 2.24) is 5.32 Å². The van der Waals surface area contributed by atoms with Crippen LogP contribution in [-0.2, 0) is 0 Å². The van der Waals surface area contributed by atoms with Crippen molar-refractivity contribution < 1.29 is 14.9 Å². The molecule has 0 aliphatic heterocycles. The molecule has 0 amide bonds. The van der Waals surface area contributed by atoms with Crippen LogP contribution in [0.25, 0.3) is 0 Å². The maximum Gasteiger partial charge on any atom is 0.118 e. The largest absolute Gasteiger partial charge is 0.497 e. The molecule has 1 aliphatic rings. The molecule has 3 N–H and O–H groups in total. The first-order chi connectivity index (χ1) is 9.69. The monoisotopic (exact) mass is 279 g/mol. The van der Waals surface area contributed by atoms with Gasteiger partial charge in [-0.25, -0.2) is 0 Å². The lowest BCUT2D eigenvalue weighted by atomic mass is 9.87. The van der Waals surface area contributed by atoms with Crippen molar-refractivity contribution in [3.63, 3.8) is 0 Å². The van der Waals surface area contributed by atoms with Crippen LogP contribution in [0.1, 0.15) is 37.4 Å². The first kappa shape index (κ1) is 15.3.